The third kappa shape index (κ3) is 30.9. The standard InChI is InChI=1S/C96H121N13O19S/c1-9-10-32-80-95(126)105(4)54-71(113)49-68(56-128-59-110)84(115)52-73(60(2)3)92(123)108(7)81(47-62-25-16-12-17-26-62)91(122)103-77(46-65-35-39-70(112)40-36-65)93(124)106(5)55-87(118)100-76(50-67-53-99-74-30-21-20-29-72(67)74)85(116)51-66(44-64-33-37-69(111)38-34-64)89(120)102-75(31-22-43-97)90(121)104-79(83(114)41-42-86(98)117)57-129-58-88(119)101-78(45-61-23-14-11-15-24-61)94(125)109(8)82(96(127)107(80)6)48-63-27-18-13-19-28-63/h11-21,23-30,33-40,53,59-60,66,68,73,75-82,99,111-112H,9-10,22,31-32,41-52,54-58,97H2,1-8H3,(H2,98,117)(H,100,118)(H,101,119)(H,102,120)(H,103,122)(H,104,121)/t66-,68+,73+,75+,76+,77+,78+,79+,80+,81+,82+/m1/s1. The predicted octanol–water partition coefficient (Wildman–Crippen LogP) is 5.22. The minimum Gasteiger partial charge on any atom is -0.508 e. The van der Waals surface area contributed by atoms with E-state index in [0.29, 0.717) is 57.1 Å². The molecule has 0 radical (unpaired) electrons. The number of amides is 11. The van der Waals surface area contributed by atoms with E-state index in [2.05, 4.69) is 31.6 Å². The van der Waals surface area contributed by atoms with Crippen molar-refractivity contribution in [1.82, 2.24) is 56.1 Å². The number of aromatic hydroxyl groups is 2. The van der Waals surface area contributed by atoms with E-state index in [1.807, 2.05) is 6.92 Å². The maximum absolute atomic E-state index is 15.6. The van der Waals surface area contributed by atoms with Crippen LogP contribution in [0, 0.1) is 23.7 Å². The molecule has 11 amide bonds. The molecule has 1 aromatic heterocycles. The Morgan fingerprint density at radius 3 is 1.60 bits per heavy atom. The fourth-order valence-corrected chi connectivity index (χ4v) is 16.6. The smallest absolute Gasteiger partial charge is 0.293 e. The van der Waals surface area contributed by atoms with Crippen molar-refractivity contribution in [2.24, 2.45) is 35.1 Å². The molecule has 129 heavy (non-hydrogen) atoms. The molecule has 1 aliphatic rings. The van der Waals surface area contributed by atoms with Gasteiger partial charge in [-0.2, -0.15) is 0 Å². The molecule has 0 aliphatic carbocycles. The first kappa shape index (κ1) is 101. The van der Waals surface area contributed by atoms with Crippen LogP contribution in [0.15, 0.2) is 170 Å². The average Bonchev–Trinajstić information content (AvgIpc) is 1.21. The van der Waals surface area contributed by atoms with Gasteiger partial charge in [-0.1, -0.05) is 167 Å². The summed E-state index contributed by atoms with van der Waals surface area (Å²) in [7, 11) is 6.82. The molecular weight excluding hydrogens is 1670 g/mol. The summed E-state index contributed by atoms with van der Waals surface area (Å²) >= 11 is 0.876. The highest BCUT2D eigenvalue weighted by molar-refractivity contribution is 8.00. The number of ketones is 4. The highest BCUT2D eigenvalue weighted by Gasteiger charge is 2.42. The fraction of sp³-hybridized carbons (Fsp3) is 0.438. The van der Waals surface area contributed by atoms with Crippen LogP contribution in [0.2, 0.25) is 0 Å². The number of thioether (sulfide) groups is 1. The lowest BCUT2D eigenvalue weighted by atomic mass is 9.84. The first-order valence-corrected chi connectivity index (χ1v) is 44.6. The number of carbonyl (C=O) groups excluding carboxylic acids is 16. The molecule has 1 aliphatic heterocycles. The summed E-state index contributed by atoms with van der Waals surface area (Å²) in [6.45, 7) is 3.38. The zero-order valence-electron chi connectivity index (χ0n) is 74.4. The Hall–Kier alpha value is -12.9. The Morgan fingerprint density at radius 1 is 0.496 bits per heavy atom. The topological polar surface area (TPSA) is 467 Å². The third-order valence-electron chi connectivity index (χ3n) is 23.2. The monoisotopic (exact) mass is 1790 g/mol. The SMILES string of the molecule is CCCC[C@H]1C(=O)N(C)CC(=O)C[C@@H](COC=O)C(=O)C[C@@H](C(C)C)C(=O)N(C)[C@@H](Cc2ccccc2)C(=O)N[C@@H](Cc2ccc(O)cc2)C(=O)N(C)CC(=O)N[C@@H](Cc2c[nH]c3ccccc23)C(=O)C[C@@H](Cc2ccc(O)cc2)C(=O)N[C@@H](CCCN)C(=O)N[C@H](C(=O)CCC(N)=O)CSCC(=O)N[C@@H](Cc2ccccc2)C(=O)N(C)[C@@H](Cc2ccccc2)C(=O)N1C. The van der Waals surface area contributed by atoms with Crippen molar-refractivity contribution >= 4 is 117 Å². The second-order valence-corrected chi connectivity index (χ2v) is 34.4. The number of hydrogen-bond acceptors (Lipinski definition) is 21. The van der Waals surface area contributed by atoms with E-state index >= 15 is 38.4 Å². The van der Waals surface area contributed by atoms with Gasteiger partial charge in [-0.15, -0.1) is 11.8 Å². The minimum atomic E-state index is -1.52. The van der Waals surface area contributed by atoms with Crippen LogP contribution < -0.4 is 38.1 Å². The number of hydrogen-bond donors (Lipinski definition) is 10. The quantitative estimate of drug-likeness (QED) is 0.0311. The van der Waals surface area contributed by atoms with Gasteiger partial charge < -0.3 is 82.5 Å². The Balaban J connectivity index is 1.21. The van der Waals surface area contributed by atoms with Crippen molar-refractivity contribution in [1.29, 1.82) is 0 Å². The van der Waals surface area contributed by atoms with E-state index in [-0.39, 0.29) is 88.1 Å². The number of rotatable bonds is 26. The third-order valence-corrected chi connectivity index (χ3v) is 24.2. The average molecular weight is 1790 g/mol. The highest BCUT2D eigenvalue weighted by atomic mass is 32.2. The fourth-order valence-electron chi connectivity index (χ4n) is 15.7. The van der Waals surface area contributed by atoms with Gasteiger partial charge >= 0.3 is 0 Å². The highest BCUT2D eigenvalue weighted by Crippen LogP contribution is 2.29. The summed E-state index contributed by atoms with van der Waals surface area (Å²) in [5, 5.41) is 35.5. The zero-order chi connectivity index (χ0) is 94.0. The molecule has 0 saturated carbocycles. The second-order valence-electron chi connectivity index (χ2n) is 33.4. The number of Topliss-reactive ketones (excluding diaryl/α,β-unsaturated/α-hetero) is 4. The number of phenolic OH excluding ortho intramolecular Hbond substituents is 2. The van der Waals surface area contributed by atoms with Crippen LogP contribution in [-0.2, 0) is 120 Å². The summed E-state index contributed by atoms with van der Waals surface area (Å²) in [4.78, 5) is 244. The number of nitrogens with zero attached hydrogens (tertiary/aromatic N) is 5. The molecule has 1 saturated heterocycles. The van der Waals surface area contributed by atoms with E-state index in [0.717, 1.165) is 21.6 Å². The number of para-hydroxylation sites is 1. The molecule has 0 unspecified atom stereocenters. The number of likely N-dealkylation sites (N-methyl/N-ethyl adjacent to an activating group) is 5. The number of unbranched alkanes of at least 4 members (excludes halogenated alkanes) is 1. The molecule has 32 nitrogen and oxygen atoms in total. The van der Waals surface area contributed by atoms with Crippen LogP contribution in [0.25, 0.3) is 10.9 Å². The molecule has 8 rings (SSSR count). The first-order chi connectivity index (χ1) is 61.7. The summed E-state index contributed by atoms with van der Waals surface area (Å²) in [5.74, 6) is -16.9. The number of carbonyl (C=O) groups is 16. The molecule has 1 fully saturated rings. The van der Waals surface area contributed by atoms with Gasteiger partial charge in [-0.3, -0.25) is 76.7 Å². The van der Waals surface area contributed by atoms with Crippen molar-refractivity contribution in [3.05, 3.63) is 203 Å². The van der Waals surface area contributed by atoms with Gasteiger partial charge in [0.15, 0.2) is 17.3 Å². The van der Waals surface area contributed by atoms with Crippen LogP contribution in [0.3, 0.4) is 0 Å². The van der Waals surface area contributed by atoms with E-state index in [4.69, 9.17) is 16.2 Å². The van der Waals surface area contributed by atoms with Crippen LogP contribution in [0.1, 0.15) is 118 Å². The second kappa shape index (κ2) is 50.6. The van der Waals surface area contributed by atoms with Crippen molar-refractivity contribution in [3.8, 4) is 11.5 Å². The number of nitrogens with one attached hydrogen (secondary N) is 6. The number of fused-ring (bicyclic) bond motifs is 1. The molecule has 12 N–H and O–H groups in total. The van der Waals surface area contributed by atoms with Crippen molar-refractivity contribution in [2.45, 2.75) is 172 Å². The first-order valence-electron chi connectivity index (χ1n) is 43.4. The van der Waals surface area contributed by atoms with Crippen LogP contribution >= 0.6 is 11.8 Å². The summed E-state index contributed by atoms with van der Waals surface area (Å²) in [6, 6.07) is 33.6. The zero-order valence-corrected chi connectivity index (χ0v) is 75.2. The number of primary amides is 1. The van der Waals surface area contributed by atoms with Crippen LogP contribution in [0.4, 0.5) is 0 Å². The lowest BCUT2D eigenvalue weighted by Crippen LogP contribution is -2.58. The molecule has 33 heteroatoms. The van der Waals surface area contributed by atoms with Gasteiger partial charge in [-0.25, -0.2) is 0 Å². The number of benzene rings is 6. The molecule has 690 valence electrons. The lowest BCUT2D eigenvalue weighted by molar-refractivity contribution is -0.151. The maximum atomic E-state index is 15.6. The van der Waals surface area contributed by atoms with Gasteiger partial charge in [0.05, 0.1) is 36.8 Å². The number of aromatic amines is 1. The van der Waals surface area contributed by atoms with E-state index in [1.54, 1.807) is 135 Å². The molecule has 0 spiro atoms. The summed E-state index contributed by atoms with van der Waals surface area (Å²) in [5.41, 5.74) is 15.5. The van der Waals surface area contributed by atoms with Crippen molar-refractivity contribution < 1.29 is 91.7 Å². The van der Waals surface area contributed by atoms with Gasteiger partial charge in [0.25, 0.3) is 6.47 Å². The van der Waals surface area contributed by atoms with Crippen molar-refractivity contribution in [2.75, 3.05) is 73.0 Å². The van der Waals surface area contributed by atoms with Gasteiger partial charge in [-0.05, 0) is 102 Å². The van der Waals surface area contributed by atoms with E-state index < -0.39 is 218 Å². The lowest BCUT2D eigenvalue weighted by Gasteiger charge is -2.37. The Kier molecular flexibility index (Phi) is 39.8. The van der Waals surface area contributed by atoms with E-state index in [9.17, 15) is 48.6 Å². The van der Waals surface area contributed by atoms with Crippen LogP contribution in [-0.4, -0.2) is 256 Å². The van der Waals surface area contributed by atoms with Crippen molar-refractivity contribution in [3.63, 3.8) is 0 Å². The number of ether oxygens (including phenoxy) is 1. The molecule has 0 bridgehead atoms. The minimum absolute atomic E-state index is 0.0146. The molecule has 11 atom stereocenters. The normalized spacial score (nSPS) is 22.0. The molecular formula is C96H121N13O19S. The number of phenols is 2. The van der Waals surface area contributed by atoms with Crippen LogP contribution in [0.5, 0.6) is 11.5 Å². The largest absolute Gasteiger partial charge is 0.508 e. The molecule has 7 aromatic rings. The van der Waals surface area contributed by atoms with Gasteiger partial charge in [0.2, 0.25) is 65.0 Å². The van der Waals surface area contributed by atoms with Gasteiger partial charge in [0.1, 0.15) is 60.1 Å². The Morgan fingerprint density at radius 2 is 1.02 bits per heavy atom. The maximum Gasteiger partial charge on any atom is 0.293 e. The van der Waals surface area contributed by atoms with Gasteiger partial charge in [0, 0.05) is 134 Å². The Labute approximate surface area is 755 Å². The number of H-pyrrole nitrogens is 1. The van der Waals surface area contributed by atoms with E-state index in [1.165, 1.54) is 98.5 Å². The molecule has 2 heterocycles. The predicted molar refractivity (Wildman–Crippen MR) is 485 cm³/mol. The summed E-state index contributed by atoms with van der Waals surface area (Å²) < 4.78 is 5.16. The summed E-state index contributed by atoms with van der Waals surface area (Å²) in [6.07, 6.45) is -0.894. The molecule has 6 aromatic carbocycles. The number of nitrogens with two attached hydrogens (primary N) is 2. The number of aromatic nitrogens is 1. The Bertz CT molecular complexity index is 5000.